The van der Waals surface area contributed by atoms with E-state index in [-0.39, 0.29) is 11.2 Å². The van der Waals surface area contributed by atoms with Gasteiger partial charge in [-0.3, -0.25) is 13.9 Å². The Morgan fingerprint density at radius 3 is 2.06 bits per heavy atom. The summed E-state index contributed by atoms with van der Waals surface area (Å²) in [6, 6.07) is 16.1. The molecule has 0 bridgehead atoms. The van der Waals surface area contributed by atoms with Crippen LogP contribution in [-0.4, -0.2) is 26.8 Å². The molecule has 0 fully saturated rings. The smallest absolute Gasteiger partial charge is 0.330 e. The molecular formula is C24H25BrN4O2. The molecule has 31 heavy (non-hydrogen) atoms. The van der Waals surface area contributed by atoms with Gasteiger partial charge in [-0.2, -0.15) is 0 Å². The van der Waals surface area contributed by atoms with E-state index in [1.165, 1.54) is 16.2 Å². The number of fused-ring (bicyclic) bond motifs is 1. The van der Waals surface area contributed by atoms with E-state index in [4.69, 9.17) is 0 Å². The van der Waals surface area contributed by atoms with Gasteiger partial charge in [0.2, 0.25) is 0 Å². The normalized spacial score (nSPS) is 11.3. The summed E-state index contributed by atoms with van der Waals surface area (Å²) in [6.07, 6.45) is 1.88. The maximum absolute atomic E-state index is 13.1. The van der Waals surface area contributed by atoms with Crippen molar-refractivity contribution < 1.29 is 0 Å². The fourth-order valence-corrected chi connectivity index (χ4v) is 4.31. The van der Waals surface area contributed by atoms with Gasteiger partial charge in [0.25, 0.3) is 5.56 Å². The van der Waals surface area contributed by atoms with Crippen LogP contribution in [0.15, 0.2) is 68.8 Å². The molecule has 0 N–H and O–H groups in total. The Hall–Kier alpha value is -3.06. The lowest BCUT2D eigenvalue weighted by Gasteiger charge is -2.21. The van der Waals surface area contributed by atoms with E-state index in [2.05, 4.69) is 58.9 Å². The molecule has 0 aliphatic rings. The molecule has 4 aromatic rings. The summed E-state index contributed by atoms with van der Waals surface area (Å²) in [5.74, 6) is 0. The van der Waals surface area contributed by atoms with Crippen LogP contribution in [0.25, 0.3) is 27.8 Å². The van der Waals surface area contributed by atoms with Crippen molar-refractivity contribution in [2.45, 2.75) is 13.8 Å². The van der Waals surface area contributed by atoms with Crippen molar-refractivity contribution in [2.24, 2.45) is 14.1 Å². The molecule has 0 spiro atoms. The number of hydrogen-bond acceptors (Lipinski definition) is 3. The van der Waals surface area contributed by atoms with Crippen LogP contribution in [0.5, 0.6) is 0 Å². The maximum atomic E-state index is 13.1. The standard InChI is InChI=1S/C24H25BrN4O2/c1-5-28(6-2)18-11-13-19(14-12-18)29-15-20-21(23(30)27(4)24(31)26(20)3)22(29)16-7-9-17(25)10-8-16/h7-15H,5-6H2,1-4H3. The average Bonchev–Trinajstić information content (AvgIpc) is 3.19. The van der Waals surface area contributed by atoms with E-state index in [1.54, 1.807) is 7.05 Å². The highest BCUT2D eigenvalue weighted by Gasteiger charge is 2.20. The third-order valence-corrected chi connectivity index (χ3v) is 6.34. The molecule has 2 aromatic heterocycles. The molecule has 0 amide bonds. The zero-order valence-electron chi connectivity index (χ0n) is 18.1. The van der Waals surface area contributed by atoms with Gasteiger partial charge in [-0.1, -0.05) is 28.1 Å². The highest BCUT2D eigenvalue weighted by Crippen LogP contribution is 2.32. The molecule has 0 saturated carbocycles. The lowest BCUT2D eigenvalue weighted by molar-refractivity contribution is 0.714. The molecule has 0 atom stereocenters. The lowest BCUT2D eigenvalue weighted by Crippen LogP contribution is -2.36. The first kappa shape index (κ1) is 21.2. The van der Waals surface area contributed by atoms with Crippen LogP contribution in [-0.2, 0) is 14.1 Å². The predicted octanol–water partition coefficient (Wildman–Crippen LogP) is 4.30. The van der Waals surface area contributed by atoms with Gasteiger partial charge in [0.1, 0.15) is 0 Å². The number of hydrogen-bond donors (Lipinski definition) is 0. The van der Waals surface area contributed by atoms with Crippen LogP contribution in [0, 0.1) is 0 Å². The fourth-order valence-electron chi connectivity index (χ4n) is 4.05. The topological polar surface area (TPSA) is 52.2 Å². The highest BCUT2D eigenvalue weighted by atomic mass is 79.9. The highest BCUT2D eigenvalue weighted by molar-refractivity contribution is 9.10. The molecule has 7 heteroatoms. The van der Waals surface area contributed by atoms with Crippen molar-refractivity contribution in [3.8, 4) is 16.9 Å². The van der Waals surface area contributed by atoms with E-state index in [0.29, 0.717) is 10.9 Å². The van der Waals surface area contributed by atoms with Crippen LogP contribution < -0.4 is 16.1 Å². The van der Waals surface area contributed by atoms with Gasteiger partial charge < -0.3 is 9.47 Å². The van der Waals surface area contributed by atoms with Gasteiger partial charge in [0.15, 0.2) is 0 Å². The van der Waals surface area contributed by atoms with Gasteiger partial charge in [-0.25, -0.2) is 4.79 Å². The Labute approximate surface area is 189 Å². The molecular weight excluding hydrogens is 456 g/mol. The number of anilines is 1. The molecule has 160 valence electrons. The van der Waals surface area contributed by atoms with E-state index in [9.17, 15) is 9.59 Å². The summed E-state index contributed by atoms with van der Waals surface area (Å²) in [7, 11) is 3.22. The Balaban J connectivity index is 2.03. The molecule has 0 unspecified atom stereocenters. The van der Waals surface area contributed by atoms with Crippen molar-refractivity contribution in [3.05, 3.63) is 80.0 Å². The van der Waals surface area contributed by atoms with Gasteiger partial charge >= 0.3 is 5.69 Å². The predicted molar refractivity (Wildman–Crippen MR) is 130 cm³/mol. The van der Waals surface area contributed by atoms with Crippen LogP contribution >= 0.6 is 15.9 Å². The number of aryl methyl sites for hydroxylation is 1. The summed E-state index contributed by atoms with van der Waals surface area (Å²) in [5, 5.41) is 0.528. The number of benzene rings is 2. The van der Waals surface area contributed by atoms with E-state index < -0.39 is 0 Å². The minimum absolute atomic E-state index is 0.297. The number of halogens is 1. The SMILES string of the molecule is CCN(CC)c1ccc(-n2cc3c(c2-c2ccc(Br)cc2)c(=O)n(C)c(=O)n3C)cc1. The van der Waals surface area contributed by atoms with Gasteiger partial charge in [0.05, 0.1) is 16.6 Å². The first-order valence-electron chi connectivity index (χ1n) is 10.3. The summed E-state index contributed by atoms with van der Waals surface area (Å²) in [4.78, 5) is 28.0. The minimum Gasteiger partial charge on any atom is -0.372 e. The molecule has 6 nitrogen and oxygen atoms in total. The third-order valence-electron chi connectivity index (χ3n) is 5.81. The second-order valence-corrected chi connectivity index (χ2v) is 8.42. The molecule has 2 heterocycles. The molecule has 0 radical (unpaired) electrons. The zero-order valence-corrected chi connectivity index (χ0v) is 19.7. The Morgan fingerprint density at radius 2 is 1.48 bits per heavy atom. The van der Waals surface area contributed by atoms with E-state index in [1.807, 2.05) is 35.0 Å². The fraction of sp³-hybridized carbons (Fsp3) is 0.250. The number of nitrogens with zero attached hydrogens (tertiary/aromatic N) is 4. The van der Waals surface area contributed by atoms with Crippen LogP contribution in [0.1, 0.15) is 13.8 Å². The summed E-state index contributed by atoms with van der Waals surface area (Å²) in [6.45, 7) is 6.15. The molecule has 4 rings (SSSR count). The molecule has 0 aliphatic heterocycles. The Bertz CT molecular complexity index is 1360. The largest absolute Gasteiger partial charge is 0.372 e. The van der Waals surface area contributed by atoms with Crippen LogP contribution in [0.2, 0.25) is 0 Å². The molecule has 0 aliphatic carbocycles. The first-order valence-corrected chi connectivity index (χ1v) is 11.1. The van der Waals surface area contributed by atoms with Crippen LogP contribution in [0.4, 0.5) is 5.69 Å². The zero-order chi connectivity index (χ0) is 22.3. The third kappa shape index (κ3) is 3.53. The van der Waals surface area contributed by atoms with Gasteiger partial charge in [-0.05, 0) is 55.8 Å². The molecule has 2 aromatic carbocycles. The Kier molecular flexibility index (Phi) is 5.62. The first-order chi connectivity index (χ1) is 14.9. The van der Waals surface area contributed by atoms with Crippen LogP contribution in [0.3, 0.4) is 0 Å². The number of aromatic nitrogens is 3. The van der Waals surface area contributed by atoms with Crippen molar-refractivity contribution >= 4 is 32.5 Å². The van der Waals surface area contributed by atoms with E-state index >= 15 is 0 Å². The monoisotopic (exact) mass is 480 g/mol. The summed E-state index contributed by atoms with van der Waals surface area (Å²) < 4.78 is 5.65. The van der Waals surface area contributed by atoms with E-state index in [0.717, 1.165) is 40.2 Å². The second-order valence-electron chi connectivity index (χ2n) is 7.51. The summed E-state index contributed by atoms with van der Waals surface area (Å²) >= 11 is 3.48. The second kappa shape index (κ2) is 8.23. The van der Waals surface area contributed by atoms with Gasteiger partial charge in [-0.15, -0.1) is 0 Å². The average molecular weight is 481 g/mol. The van der Waals surface area contributed by atoms with Gasteiger partial charge in [0, 0.05) is 49.2 Å². The van der Waals surface area contributed by atoms with Crippen molar-refractivity contribution in [2.75, 3.05) is 18.0 Å². The summed E-state index contributed by atoms with van der Waals surface area (Å²) in [5.41, 5.74) is 3.73. The van der Waals surface area contributed by atoms with Crippen molar-refractivity contribution in [3.63, 3.8) is 0 Å². The minimum atomic E-state index is -0.339. The molecule has 0 saturated heterocycles. The van der Waals surface area contributed by atoms with Crippen molar-refractivity contribution in [1.82, 2.24) is 13.7 Å². The lowest BCUT2D eigenvalue weighted by atomic mass is 10.1. The Morgan fingerprint density at radius 1 is 0.871 bits per heavy atom. The maximum Gasteiger partial charge on any atom is 0.330 e. The number of rotatable bonds is 5. The quantitative estimate of drug-likeness (QED) is 0.427. The van der Waals surface area contributed by atoms with Crippen molar-refractivity contribution in [1.29, 1.82) is 0 Å².